The van der Waals surface area contributed by atoms with Crippen LogP contribution in [0.4, 0.5) is 4.39 Å². The Kier molecular flexibility index (Phi) is 9.21. The van der Waals surface area contributed by atoms with Crippen molar-refractivity contribution in [2.24, 2.45) is 4.99 Å². The van der Waals surface area contributed by atoms with Gasteiger partial charge in [0.25, 0.3) is 0 Å². The van der Waals surface area contributed by atoms with Crippen molar-refractivity contribution >= 4 is 21.9 Å². The smallest absolute Gasteiger partial charge is 0.190 e. The average molecular weight is 416 g/mol. The van der Waals surface area contributed by atoms with Gasteiger partial charge in [0.15, 0.2) is 5.96 Å². The summed E-state index contributed by atoms with van der Waals surface area (Å²) in [5.74, 6) is 0.533. The number of rotatable bonds is 9. The molecule has 0 aromatic heterocycles. The van der Waals surface area contributed by atoms with Crippen molar-refractivity contribution in [3.63, 3.8) is 0 Å². The quantitative estimate of drug-likeness (QED) is 0.369. The van der Waals surface area contributed by atoms with Gasteiger partial charge in [-0.2, -0.15) is 0 Å². The van der Waals surface area contributed by atoms with Gasteiger partial charge in [0.1, 0.15) is 5.82 Å². The van der Waals surface area contributed by atoms with Gasteiger partial charge in [-0.25, -0.2) is 4.39 Å². The fraction of sp³-hybridized carbons (Fsp3) is 0.611. The Morgan fingerprint density at radius 3 is 3.00 bits per heavy atom. The van der Waals surface area contributed by atoms with Crippen LogP contribution in [0.5, 0.6) is 0 Å². The Balaban J connectivity index is 1.55. The summed E-state index contributed by atoms with van der Waals surface area (Å²) < 4.78 is 25.7. The lowest BCUT2D eigenvalue weighted by Crippen LogP contribution is -2.39. The normalized spacial score (nSPS) is 17.7. The maximum Gasteiger partial charge on any atom is 0.190 e. The molecule has 0 radical (unpaired) electrons. The van der Waals surface area contributed by atoms with Gasteiger partial charge in [0.05, 0.1) is 12.7 Å². The number of nitrogens with one attached hydrogen (secondary N) is 2. The van der Waals surface area contributed by atoms with Crippen molar-refractivity contribution in [1.29, 1.82) is 0 Å². The van der Waals surface area contributed by atoms with Crippen molar-refractivity contribution in [3.05, 3.63) is 34.1 Å². The molecule has 1 aromatic rings. The average Bonchev–Trinajstić information content (AvgIpc) is 3.12. The molecule has 0 saturated carbocycles. The van der Waals surface area contributed by atoms with Gasteiger partial charge in [-0.05, 0) is 49.4 Å². The number of benzene rings is 1. The maximum atomic E-state index is 13.7. The highest BCUT2D eigenvalue weighted by molar-refractivity contribution is 9.10. The first-order chi connectivity index (χ1) is 12.2. The molecule has 0 aliphatic carbocycles. The first-order valence-electron chi connectivity index (χ1n) is 8.77. The third kappa shape index (κ3) is 7.71. The van der Waals surface area contributed by atoms with Crippen LogP contribution in [0.1, 0.15) is 24.8 Å². The molecule has 2 rings (SSSR count). The van der Waals surface area contributed by atoms with E-state index in [1.807, 2.05) is 0 Å². The first kappa shape index (κ1) is 20.1. The van der Waals surface area contributed by atoms with Crippen LogP contribution < -0.4 is 10.6 Å². The van der Waals surface area contributed by atoms with Crippen LogP contribution in [-0.2, 0) is 15.9 Å². The molecule has 1 aliphatic rings. The first-order valence-corrected chi connectivity index (χ1v) is 9.56. The van der Waals surface area contributed by atoms with E-state index in [2.05, 4.69) is 31.6 Å². The SMILES string of the molecule is CN=C(NCCCOCC1CCCO1)NCCc1cc(Br)ccc1F. The summed E-state index contributed by atoms with van der Waals surface area (Å²) in [5, 5.41) is 6.43. The molecular weight excluding hydrogens is 389 g/mol. The van der Waals surface area contributed by atoms with E-state index in [1.165, 1.54) is 6.07 Å². The standard InChI is InChI=1S/C18H27BrFN3O2/c1-21-18(22-8-3-10-24-13-16-4-2-11-25-16)23-9-7-14-12-15(19)5-6-17(14)20/h5-6,12,16H,2-4,7-11,13H2,1H3,(H2,21,22,23). The van der Waals surface area contributed by atoms with Crippen LogP contribution in [0.25, 0.3) is 0 Å². The molecule has 0 amide bonds. The third-order valence-corrected chi connectivity index (χ3v) is 4.50. The van der Waals surface area contributed by atoms with Gasteiger partial charge in [0, 0.05) is 37.8 Å². The summed E-state index contributed by atoms with van der Waals surface area (Å²) in [6.07, 6.45) is 4.01. The van der Waals surface area contributed by atoms with Gasteiger partial charge in [-0.15, -0.1) is 0 Å². The lowest BCUT2D eigenvalue weighted by Gasteiger charge is -2.13. The summed E-state index contributed by atoms with van der Waals surface area (Å²) in [7, 11) is 1.73. The molecule has 1 aromatic carbocycles. The second kappa shape index (κ2) is 11.4. The van der Waals surface area contributed by atoms with Crippen molar-refractivity contribution in [2.45, 2.75) is 31.8 Å². The highest BCUT2D eigenvalue weighted by Gasteiger charge is 2.14. The number of guanidine groups is 1. The fourth-order valence-electron chi connectivity index (χ4n) is 2.64. The van der Waals surface area contributed by atoms with Gasteiger partial charge < -0.3 is 20.1 Å². The highest BCUT2D eigenvalue weighted by Crippen LogP contribution is 2.15. The molecule has 1 saturated heterocycles. The number of hydrogen-bond donors (Lipinski definition) is 2. The van der Waals surface area contributed by atoms with Crippen molar-refractivity contribution in [1.82, 2.24) is 10.6 Å². The Labute approximate surface area is 157 Å². The molecule has 140 valence electrons. The van der Waals surface area contributed by atoms with Crippen molar-refractivity contribution in [3.8, 4) is 0 Å². The topological polar surface area (TPSA) is 54.9 Å². The number of hydrogen-bond acceptors (Lipinski definition) is 3. The molecule has 7 heteroatoms. The minimum absolute atomic E-state index is 0.184. The molecule has 25 heavy (non-hydrogen) atoms. The van der Waals surface area contributed by atoms with Crippen LogP contribution in [0.3, 0.4) is 0 Å². The van der Waals surface area contributed by atoms with Gasteiger partial charge >= 0.3 is 0 Å². The zero-order valence-electron chi connectivity index (χ0n) is 14.7. The second-order valence-corrected chi connectivity index (χ2v) is 6.89. The van der Waals surface area contributed by atoms with Crippen molar-refractivity contribution < 1.29 is 13.9 Å². The number of ether oxygens (including phenoxy) is 2. The molecule has 1 aliphatic heterocycles. The van der Waals surface area contributed by atoms with E-state index in [9.17, 15) is 4.39 Å². The Hall–Kier alpha value is -1.18. The minimum atomic E-state index is -0.184. The second-order valence-electron chi connectivity index (χ2n) is 5.97. The lowest BCUT2D eigenvalue weighted by atomic mass is 10.1. The zero-order chi connectivity index (χ0) is 17.9. The van der Waals surface area contributed by atoms with Gasteiger partial charge in [0.2, 0.25) is 0 Å². The van der Waals surface area contributed by atoms with E-state index in [0.717, 1.165) is 42.8 Å². The zero-order valence-corrected chi connectivity index (χ0v) is 16.3. The Bertz CT molecular complexity index is 551. The molecule has 2 N–H and O–H groups in total. The Morgan fingerprint density at radius 1 is 1.40 bits per heavy atom. The van der Waals surface area contributed by atoms with E-state index >= 15 is 0 Å². The predicted molar refractivity (Wildman–Crippen MR) is 102 cm³/mol. The fourth-order valence-corrected chi connectivity index (χ4v) is 3.05. The summed E-state index contributed by atoms with van der Waals surface area (Å²) >= 11 is 3.36. The third-order valence-electron chi connectivity index (χ3n) is 4.00. The molecule has 1 unspecified atom stereocenters. The maximum absolute atomic E-state index is 13.7. The molecule has 1 fully saturated rings. The van der Waals surface area contributed by atoms with Crippen LogP contribution in [0, 0.1) is 5.82 Å². The summed E-state index contributed by atoms with van der Waals surface area (Å²) in [6, 6.07) is 4.98. The summed E-state index contributed by atoms with van der Waals surface area (Å²) in [5.41, 5.74) is 0.680. The molecule has 5 nitrogen and oxygen atoms in total. The van der Waals surface area contributed by atoms with E-state index in [4.69, 9.17) is 9.47 Å². The largest absolute Gasteiger partial charge is 0.379 e. The van der Waals surface area contributed by atoms with E-state index in [1.54, 1.807) is 19.2 Å². The van der Waals surface area contributed by atoms with Crippen LogP contribution in [0.2, 0.25) is 0 Å². The molecule has 0 bridgehead atoms. The molecule has 1 heterocycles. The van der Waals surface area contributed by atoms with E-state index in [0.29, 0.717) is 31.7 Å². The number of halogens is 2. The highest BCUT2D eigenvalue weighted by atomic mass is 79.9. The van der Waals surface area contributed by atoms with E-state index < -0.39 is 0 Å². The van der Waals surface area contributed by atoms with Crippen molar-refractivity contribution in [2.75, 3.05) is 40.0 Å². The Morgan fingerprint density at radius 2 is 2.24 bits per heavy atom. The van der Waals surface area contributed by atoms with Gasteiger partial charge in [-0.3, -0.25) is 4.99 Å². The van der Waals surface area contributed by atoms with Crippen LogP contribution in [0.15, 0.2) is 27.7 Å². The number of aliphatic imine (C=N–C) groups is 1. The van der Waals surface area contributed by atoms with Crippen LogP contribution >= 0.6 is 15.9 Å². The van der Waals surface area contributed by atoms with Gasteiger partial charge in [-0.1, -0.05) is 15.9 Å². The molecular formula is C18H27BrFN3O2. The minimum Gasteiger partial charge on any atom is -0.379 e. The number of nitrogens with zero attached hydrogens (tertiary/aromatic N) is 1. The molecule has 0 spiro atoms. The monoisotopic (exact) mass is 415 g/mol. The summed E-state index contributed by atoms with van der Waals surface area (Å²) in [6.45, 7) is 3.64. The predicted octanol–water partition coefficient (Wildman–Crippen LogP) is 2.88. The summed E-state index contributed by atoms with van der Waals surface area (Å²) in [4.78, 5) is 4.17. The molecule has 1 atom stereocenters. The van der Waals surface area contributed by atoms with E-state index in [-0.39, 0.29) is 11.9 Å². The van der Waals surface area contributed by atoms with Crippen LogP contribution in [-0.4, -0.2) is 52.0 Å². The lowest BCUT2D eigenvalue weighted by molar-refractivity contribution is 0.0168.